The van der Waals surface area contributed by atoms with E-state index in [0.29, 0.717) is 17.8 Å². The molecule has 0 unspecified atom stereocenters. The van der Waals surface area contributed by atoms with Crippen molar-refractivity contribution in [3.8, 4) is 0 Å². The molecule has 0 saturated heterocycles. The van der Waals surface area contributed by atoms with Gasteiger partial charge in [-0.2, -0.15) is 5.10 Å². The lowest BCUT2D eigenvalue weighted by Gasteiger charge is -1.99. The monoisotopic (exact) mass is 221 g/mol. The van der Waals surface area contributed by atoms with Crippen LogP contribution in [0.5, 0.6) is 0 Å². The minimum absolute atomic E-state index is 0.179. The normalized spacial score (nSPS) is 10.3. The van der Waals surface area contributed by atoms with Gasteiger partial charge in [-0.1, -0.05) is 12.1 Å². The van der Waals surface area contributed by atoms with Gasteiger partial charge in [0.2, 0.25) is 0 Å². The van der Waals surface area contributed by atoms with Crippen LogP contribution in [0.1, 0.15) is 23.1 Å². The fourth-order valence-corrected chi connectivity index (χ4v) is 1.29. The molecule has 2 aromatic rings. The Morgan fingerprint density at radius 3 is 3.06 bits per heavy atom. The van der Waals surface area contributed by atoms with Gasteiger partial charge in [-0.25, -0.2) is 0 Å². The first-order valence-electron chi connectivity index (χ1n) is 4.75. The average Bonchev–Trinajstić information content (AvgIpc) is 2.87. The Morgan fingerprint density at radius 1 is 1.69 bits per heavy atom. The number of H-pyrrole nitrogens is 1. The molecule has 0 atom stereocenters. The Balaban J connectivity index is 2.18. The molecule has 7 heteroatoms. The zero-order valence-corrected chi connectivity index (χ0v) is 8.65. The van der Waals surface area contributed by atoms with Gasteiger partial charge in [0.25, 0.3) is 5.91 Å². The maximum absolute atomic E-state index is 11.7. The van der Waals surface area contributed by atoms with E-state index < -0.39 is 5.91 Å². The number of aromatic nitrogens is 3. The van der Waals surface area contributed by atoms with E-state index in [2.05, 4.69) is 25.2 Å². The number of rotatable bonds is 3. The topological polar surface area (TPSA) is 110 Å². The third-order valence-electron chi connectivity index (χ3n) is 2.14. The Bertz CT molecular complexity index is 488. The lowest BCUT2D eigenvalue weighted by atomic mass is 10.2. The van der Waals surface area contributed by atoms with Crippen LogP contribution in [0.3, 0.4) is 0 Å². The minimum Gasteiger partial charge on any atom is -0.395 e. The van der Waals surface area contributed by atoms with Crippen molar-refractivity contribution in [3.05, 3.63) is 23.8 Å². The number of nitrogen functional groups attached to an aromatic ring is 1. The Labute approximate surface area is 91.0 Å². The lowest BCUT2D eigenvalue weighted by Crippen LogP contribution is -2.13. The van der Waals surface area contributed by atoms with Crippen molar-refractivity contribution in [2.75, 3.05) is 11.1 Å². The zero-order valence-electron chi connectivity index (χ0n) is 8.65. The summed E-state index contributed by atoms with van der Waals surface area (Å²) in [5.41, 5.74) is 7.51. The molecule has 84 valence electrons. The van der Waals surface area contributed by atoms with Crippen molar-refractivity contribution < 1.29 is 9.32 Å². The summed E-state index contributed by atoms with van der Waals surface area (Å²) in [4.78, 5) is 11.7. The van der Waals surface area contributed by atoms with Crippen LogP contribution in [0.15, 0.2) is 17.0 Å². The molecule has 0 aliphatic heterocycles. The summed E-state index contributed by atoms with van der Waals surface area (Å²) in [6.07, 6.45) is 3.41. The first-order chi connectivity index (χ1) is 7.72. The SMILES string of the molecule is CCc1[nH]nc(C(=O)Nc2cnoc2)c1N. The highest BCUT2D eigenvalue weighted by Crippen LogP contribution is 2.16. The summed E-state index contributed by atoms with van der Waals surface area (Å²) < 4.78 is 4.58. The number of aromatic amines is 1. The second-order valence-electron chi connectivity index (χ2n) is 3.19. The van der Waals surface area contributed by atoms with Gasteiger partial charge >= 0.3 is 0 Å². The maximum atomic E-state index is 11.7. The predicted octanol–water partition coefficient (Wildman–Crippen LogP) is 0.795. The van der Waals surface area contributed by atoms with Crippen molar-refractivity contribution in [2.45, 2.75) is 13.3 Å². The van der Waals surface area contributed by atoms with E-state index >= 15 is 0 Å². The summed E-state index contributed by atoms with van der Waals surface area (Å²) in [5.74, 6) is -0.392. The Morgan fingerprint density at radius 2 is 2.50 bits per heavy atom. The van der Waals surface area contributed by atoms with Gasteiger partial charge in [-0.15, -0.1) is 0 Å². The molecule has 1 amide bonds. The van der Waals surface area contributed by atoms with Crippen molar-refractivity contribution in [1.82, 2.24) is 15.4 Å². The first-order valence-corrected chi connectivity index (χ1v) is 4.75. The summed E-state index contributed by atoms with van der Waals surface area (Å²) in [6.45, 7) is 1.92. The van der Waals surface area contributed by atoms with E-state index in [4.69, 9.17) is 5.73 Å². The number of aryl methyl sites for hydroxylation is 1. The summed E-state index contributed by atoms with van der Waals surface area (Å²) in [7, 11) is 0. The number of nitrogens with one attached hydrogen (secondary N) is 2. The number of nitrogens with two attached hydrogens (primary N) is 1. The molecule has 2 heterocycles. The third kappa shape index (κ3) is 1.74. The van der Waals surface area contributed by atoms with Crippen molar-refractivity contribution in [3.63, 3.8) is 0 Å². The molecule has 2 rings (SSSR count). The van der Waals surface area contributed by atoms with Gasteiger partial charge in [0.05, 0.1) is 17.6 Å². The highest BCUT2D eigenvalue weighted by Gasteiger charge is 2.16. The fraction of sp³-hybridized carbons (Fsp3) is 0.222. The highest BCUT2D eigenvalue weighted by molar-refractivity contribution is 6.06. The second kappa shape index (κ2) is 4.05. The van der Waals surface area contributed by atoms with E-state index in [0.717, 1.165) is 5.69 Å². The summed E-state index contributed by atoms with van der Waals surface area (Å²) in [5, 5.41) is 12.6. The molecular formula is C9H11N5O2. The molecule has 16 heavy (non-hydrogen) atoms. The van der Waals surface area contributed by atoms with Crippen LogP contribution >= 0.6 is 0 Å². The van der Waals surface area contributed by atoms with Gasteiger partial charge in [0.15, 0.2) is 5.69 Å². The number of hydrogen-bond acceptors (Lipinski definition) is 5. The molecule has 0 aromatic carbocycles. The third-order valence-corrected chi connectivity index (χ3v) is 2.14. The lowest BCUT2D eigenvalue weighted by molar-refractivity contribution is 0.102. The predicted molar refractivity (Wildman–Crippen MR) is 56.8 cm³/mol. The van der Waals surface area contributed by atoms with Crippen LogP contribution in [-0.2, 0) is 6.42 Å². The standard InChI is InChI=1S/C9H11N5O2/c1-2-6-7(10)8(14-13-6)9(15)12-5-3-11-16-4-5/h3-4H,2,10H2,1H3,(H,12,15)(H,13,14). The molecule has 0 aliphatic carbocycles. The molecule has 0 radical (unpaired) electrons. The largest absolute Gasteiger partial charge is 0.395 e. The molecule has 2 aromatic heterocycles. The van der Waals surface area contributed by atoms with Crippen molar-refractivity contribution >= 4 is 17.3 Å². The smallest absolute Gasteiger partial charge is 0.278 e. The number of hydrogen-bond donors (Lipinski definition) is 3. The average molecular weight is 221 g/mol. The first kappa shape index (κ1) is 10.2. The maximum Gasteiger partial charge on any atom is 0.278 e. The molecule has 0 aliphatic rings. The van der Waals surface area contributed by atoms with Crippen LogP contribution in [0.4, 0.5) is 11.4 Å². The molecular weight excluding hydrogens is 210 g/mol. The molecule has 0 fully saturated rings. The highest BCUT2D eigenvalue weighted by atomic mass is 16.5. The van der Waals surface area contributed by atoms with E-state index in [-0.39, 0.29) is 5.69 Å². The number of amides is 1. The van der Waals surface area contributed by atoms with Crippen molar-refractivity contribution in [1.29, 1.82) is 0 Å². The number of nitrogens with zero attached hydrogens (tertiary/aromatic N) is 2. The van der Waals surface area contributed by atoms with Crippen LogP contribution in [0, 0.1) is 0 Å². The van der Waals surface area contributed by atoms with Crippen LogP contribution in [0.25, 0.3) is 0 Å². The van der Waals surface area contributed by atoms with Crippen LogP contribution < -0.4 is 11.1 Å². The second-order valence-corrected chi connectivity index (χ2v) is 3.19. The number of carbonyl (C=O) groups is 1. The molecule has 7 nitrogen and oxygen atoms in total. The number of anilines is 2. The zero-order chi connectivity index (χ0) is 11.5. The van der Waals surface area contributed by atoms with Gasteiger partial charge in [-0.3, -0.25) is 9.89 Å². The Hall–Kier alpha value is -2.31. The minimum atomic E-state index is -0.392. The van der Waals surface area contributed by atoms with Crippen LogP contribution in [0.2, 0.25) is 0 Å². The van der Waals surface area contributed by atoms with Crippen molar-refractivity contribution in [2.24, 2.45) is 0 Å². The van der Waals surface area contributed by atoms with E-state index in [1.807, 2.05) is 6.92 Å². The van der Waals surface area contributed by atoms with Gasteiger partial charge in [-0.05, 0) is 6.42 Å². The van der Waals surface area contributed by atoms with E-state index in [1.165, 1.54) is 12.5 Å². The summed E-state index contributed by atoms with van der Waals surface area (Å²) >= 11 is 0. The van der Waals surface area contributed by atoms with Gasteiger partial charge in [0.1, 0.15) is 12.0 Å². The van der Waals surface area contributed by atoms with E-state index in [1.54, 1.807) is 0 Å². The molecule has 0 saturated carbocycles. The van der Waals surface area contributed by atoms with E-state index in [9.17, 15) is 4.79 Å². The molecule has 0 spiro atoms. The summed E-state index contributed by atoms with van der Waals surface area (Å²) in [6, 6.07) is 0. The van der Waals surface area contributed by atoms with Gasteiger partial charge in [0, 0.05) is 0 Å². The van der Waals surface area contributed by atoms with Gasteiger partial charge < -0.3 is 15.6 Å². The molecule has 0 bridgehead atoms. The number of carbonyl (C=O) groups excluding carboxylic acids is 1. The molecule has 4 N–H and O–H groups in total. The Kier molecular flexibility index (Phi) is 2.59. The van der Waals surface area contributed by atoms with Crippen LogP contribution in [-0.4, -0.2) is 21.3 Å². The fourth-order valence-electron chi connectivity index (χ4n) is 1.29. The quantitative estimate of drug-likeness (QED) is 0.709.